The summed E-state index contributed by atoms with van der Waals surface area (Å²) in [5.74, 6) is -1.26. The number of rotatable bonds is 4. The first kappa shape index (κ1) is 20.2. The summed E-state index contributed by atoms with van der Waals surface area (Å²) in [5.41, 5.74) is 3.10. The molecule has 0 spiro atoms. The van der Waals surface area contributed by atoms with E-state index in [-0.39, 0.29) is 16.9 Å². The van der Waals surface area contributed by atoms with Crippen LogP contribution in [0.4, 0.5) is 11.4 Å². The Labute approximate surface area is 180 Å². The van der Waals surface area contributed by atoms with Gasteiger partial charge in [0.25, 0.3) is 11.8 Å². The predicted molar refractivity (Wildman–Crippen MR) is 124 cm³/mol. The fraction of sp³-hybridized carbons (Fsp3) is 0.0769. The number of fused-ring (bicyclic) bond motifs is 1. The zero-order valence-electron chi connectivity index (χ0n) is 17.3. The molecule has 0 bridgehead atoms. The molecular weight excluding hydrogens is 388 g/mol. The van der Waals surface area contributed by atoms with Crippen LogP contribution in [0, 0.1) is 13.8 Å². The van der Waals surface area contributed by atoms with Crippen LogP contribution in [0.3, 0.4) is 0 Å². The molecule has 0 fully saturated rings. The molecule has 0 unspecified atom stereocenters. The van der Waals surface area contributed by atoms with Crippen LogP contribution < -0.4 is 10.6 Å². The lowest BCUT2D eigenvalue weighted by Gasteiger charge is -2.16. The van der Waals surface area contributed by atoms with E-state index in [9.17, 15) is 14.7 Å². The van der Waals surface area contributed by atoms with Crippen LogP contribution in [0.2, 0.25) is 0 Å². The molecule has 2 amide bonds. The Morgan fingerprint density at radius 3 is 1.74 bits per heavy atom. The molecule has 0 atom stereocenters. The molecule has 154 valence electrons. The van der Waals surface area contributed by atoms with E-state index in [1.807, 2.05) is 56.3 Å². The molecule has 0 aliphatic rings. The van der Waals surface area contributed by atoms with Gasteiger partial charge in [-0.25, -0.2) is 0 Å². The second-order valence-corrected chi connectivity index (χ2v) is 7.40. The maximum atomic E-state index is 13.4. The van der Waals surface area contributed by atoms with Crippen molar-refractivity contribution in [3.63, 3.8) is 0 Å². The van der Waals surface area contributed by atoms with Gasteiger partial charge < -0.3 is 15.7 Å². The van der Waals surface area contributed by atoms with Gasteiger partial charge in [0.2, 0.25) is 0 Å². The maximum absolute atomic E-state index is 13.4. The third-order valence-corrected chi connectivity index (χ3v) is 5.27. The Hall–Kier alpha value is -4.12. The molecule has 0 radical (unpaired) electrons. The van der Waals surface area contributed by atoms with Gasteiger partial charge in [-0.3, -0.25) is 9.59 Å². The molecule has 3 N–H and O–H groups in total. The number of anilines is 2. The van der Waals surface area contributed by atoms with Crippen molar-refractivity contribution in [3.8, 4) is 5.75 Å². The van der Waals surface area contributed by atoms with E-state index in [1.54, 1.807) is 30.3 Å². The van der Waals surface area contributed by atoms with Gasteiger partial charge in [-0.15, -0.1) is 0 Å². The van der Waals surface area contributed by atoms with Crippen LogP contribution >= 0.6 is 0 Å². The van der Waals surface area contributed by atoms with Crippen molar-refractivity contribution < 1.29 is 14.7 Å². The van der Waals surface area contributed by atoms with Crippen molar-refractivity contribution in [2.75, 3.05) is 10.6 Å². The molecule has 0 aliphatic heterocycles. The van der Waals surface area contributed by atoms with Crippen LogP contribution in [0.1, 0.15) is 31.8 Å². The highest BCUT2D eigenvalue weighted by atomic mass is 16.3. The van der Waals surface area contributed by atoms with Gasteiger partial charge >= 0.3 is 0 Å². The maximum Gasteiger partial charge on any atom is 0.260 e. The van der Waals surface area contributed by atoms with Crippen molar-refractivity contribution >= 4 is 34.0 Å². The van der Waals surface area contributed by atoms with E-state index >= 15 is 0 Å². The van der Waals surface area contributed by atoms with Gasteiger partial charge in [-0.2, -0.15) is 0 Å². The lowest BCUT2D eigenvalue weighted by atomic mass is 9.96. The average Bonchev–Trinajstić information content (AvgIpc) is 2.75. The molecule has 4 aromatic carbocycles. The molecule has 0 aromatic heterocycles. The predicted octanol–water partition coefficient (Wildman–Crippen LogP) is 5.67. The Bertz CT molecular complexity index is 1310. The van der Waals surface area contributed by atoms with Crippen molar-refractivity contribution in [2.24, 2.45) is 0 Å². The summed E-state index contributed by atoms with van der Waals surface area (Å²) in [6.07, 6.45) is 0. The summed E-state index contributed by atoms with van der Waals surface area (Å²) in [7, 11) is 0. The third kappa shape index (κ3) is 3.98. The van der Waals surface area contributed by atoms with E-state index in [1.165, 1.54) is 6.07 Å². The number of phenolic OH excluding ortho intramolecular Hbond substituents is 1. The highest BCUT2D eigenvalue weighted by Gasteiger charge is 2.25. The summed E-state index contributed by atoms with van der Waals surface area (Å²) in [5, 5.41) is 17.7. The van der Waals surface area contributed by atoms with Crippen molar-refractivity contribution in [2.45, 2.75) is 13.8 Å². The second-order valence-electron chi connectivity index (χ2n) is 7.40. The molecular formula is C26H22N2O3. The van der Waals surface area contributed by atoms with Crippen LogP contribution in [0.5, 0.6) is 5.75 Å². The largest absolute Gasteiger partial charge is 0.507 e. The highest BCUT2D eigenvalue weighted by Crippen LogP contribution is 2.32. The molecule has 5 heteroatoms. The number of para-hydroxylation sites is 2. The summed E-state index contributed by atoms with van der Waals surface area (Å²) in [6, 6.07) is 23.4. The number of phenols is 1. The monoisotopic (exact) mass is 410 g/mol. The molecule has 0 aliphatic carbocycles. The van der Waals surface area contributed by atoms with E-state index in [0.717, 1.165) is 11.1 Å². The lowest BCUT2D eigenvalue weighted by Crippen LogP contribution is -2.21. The second kappa shape index (κ2) is 8.32. The van der Waals surface area contributed by atoms with Gasteiger partial charge in [0.15, 0.2) is 0 Å². The van der Waals surface area contributed by atoms with Crippen LogP contribution in [0.25, 0.3) is 10.8 Å². The van der Waals surface area contributed by atoms with Gasteiger partial charge in [-0.05, 0) is 53.9 Å². The first-order valence-corrected chi connectivity index (χ1v) is 9.94. The fourth-order valence-electron chi connectivity index (χ4n) is 3.59. The normalized spacial score (nSPS) is 10.6. The third-order valence-electron chi connectivity index (χ3n) is 5.27. The number of hydrogen-bond donors (Lipinski definition) is 3. The average molecular weight is 410 g/mol. The molecule has 0 saturated carbocycles. The molecule has 31 heavy (non-hydrogen) atoms. The van der Waals surface area contributed by atoms with Crippen molar-refractivity contribution in [3.05, 3.63) is 101 Å². The molecule has 4 aromatic rings. The number of carbonyl (C=O) groups excluding carboxylic acids is 2. The minimum Gasteiger partial charge on any atom is -0.507 e. The van der Waals surface area contributed by atoms with E-state index < -0.39 is 11.8 Å². The smallest absolute Gasteiger partial charge is 0.260 e. The van der Waals surface area contributed by atoms with E-state index in [4.69, 9.17) is 0 Å². The number of hydrogen-bond acceptors (Lipinski definition) is 3. The molecule has 0 heterocycles. The summed E-state index contributed by atoms with van der Waals surface area (Å²) >= 11 is 0. The van der Waals surface area contributed by atoms with Crippen molar-refractivity contribution in [1.29, 1.82) is 0 Å². The molecule has 5 nitrogen and oxygen atoms in total. The number of aryl methyl sites for hydroxylation is 2. The fourth-order valence-corrected chi connectivity index (χ4v) is 3.59. The van der Waals surface area contributed by atoms with Crippen LogP contribution in [-0.4, -0.2) is 16.9 Å². The summed E-state index contributed by atoms with van der Waals surface area (Å²) < 4.78 is 0. The number of amides is 2. The minimum absolute atomic E-state index is 0.0620. The standard InChI is InChI=1S/C26H22N2O3/c1-16-9-3-7-13-20(16)27-25(30)23-19-12-6-5-11-18(19)15-22(29)24(23)26(31)28-21-14-8-4-10-17(21)2/h3-15,29H,1-2H3,(H,27,30)(H,28,31). The van der Waals surface area contributed by atoms with E-state index in [0.29, 0.717) is 22.1 Å². The van der Waals surface area contributed by atoms with Gasteiger partial charge in [0.1, 0.15) is 5.75 Å². The number of benzene rings is 4. The summed E-state index contributed by atoms with van der Waals surface area (Å²) in [6.45, 7) is 3.77. The van der Waals surface area contributed by atoms with Gasteiger partial charge in [-0.1, -0.05) is 60.7 Å². The number of nitrogens with one attached hydrogen (secondary N) is 2. The first-order chi connectivity index (χ1) is 15.0. The molecule has 4 rings (SSSR count). The Morgan fingerprint density at radius 1 is 0.677 bits per heavy atom. The number of carbonyl (C=O) groups is 2. The van der Waals surface area contributed by atoms with E-state index in [2.05, 4.69) is 10.6 Å². The highest BCUT2D eigenvalue weighted by molar-refractivity contribution is 6.22. The summed E-state index contributed by atoms with van der Waals surface area (Å²) in [4.78, 5) is 26.6. The zero-order chi connectivity index (χ0) is 22.0. The minimum atomic E-state index is -0.549. The van der Waals surface area contributed by atoms with Gasteiger partial charge in [0.05, 0.1) is 11.1 Å². The van der Waals surface area contributed by atoms with Crippen molar-refractivity contribution in [1.82, 2.24) is 0 Å². The first-order valence-electron chi connectivity index (χ1n) is 9.94. The van der Waals surface area contributed by atoms with Crippen LogP contribution in [-0.2, 0) is 0 Å². The number of aromatic hydroxyl groups is 1. The Morgan fingerprint density at radius 2 is 1.16 bits per heavy atom. The SMILES string of the molecule is Cc1ccccc1NC(=O)c1c(O)cc2ccccc2c1C(=O)Nc1ccccc1C. The Kier molecular flexibility index (Phi) is 5.41. The quantitative estimate of drug-likeness (QED) is 0.406. The Balaban J connectivity index is 1.84. The topological polar surface area (TPSA) is 78.4 Å². The zero-order valence-corrected chi connectivity index (χ0v) is 17.3. The van der Waals surface area contributed by atoms with Gasteiger partial charge in [0, 0.05) is 11.4 Å². The van der Waals surface area contributed by atoms with Crippen LogP contribution in [0.15, 0.2) is 78.9 Å². The molecule has 0 saturated heterocycles. The lowest BCUT2D eigenvalue weighted by molar-refractivity contribution is 0.0989.